The van der Waals surface area contributed by atoms with Gasteiger partial charge < -0.3 is 15.4 Å². The Morgan fingerprint density at radius 2 is 1.86 bits per heavy atom. The molecular formula is C17H12ClF4N3O4. The van der Waals surface area contributed by atoms with E-state index in [1.165, 1.54) is 18.2 Å². The SMILES string of the molecule is O=C(COC(=O)CNC(=O)c1ccccc1F)Nc1ncc(C(F)(F)F)cc1Cl. The van der Waals surface area contributed by atoms with E-state index in [-0.39, 0.29) is 11.4 Å². The number of pyridine rings is 1. The Kier molecular flexibility index (Phi) is 7.10. The van der Waals surface area contributed by atoms with E-state index in [0.29, 0.717) is 12.3 Å². The lowest BCUT2D eigenvalue weighted by Crippen LogP contribution is -2.32. The van der Waals surface area contributed by atoms with Crippen LogP contribution in [0.5, 0.6) is 0 Å². The smallest absolute Gasteiger partial charge is 0.417 e. The molecule has 2 rings (SSSR count). The largest absolute Gasteiger partial charge is 0.454 e. The maximum Gasteiger partial charge on any atom is 0.417 e. The van der Waals surface area contributed by atoms with Crippen LogP contribution < -0.4 is 10.6 Å². The number of alkyl halides is 3. The Bertz CT molecular complexity index is 937. The minimum atomic E-state index is -4.65. The van der Waals surface area contributed by atoms with Gasteiger partial charge in [0, 0.05) is 6.20 Å². The summed E-state index contributed by atoms with van der Waals surface area (Å²) < 4.78 is 55.7. The van der Waals surface area contributed by atoms with Gasteiger partial charge in [0.15, 0.2) is 12.4 Å². The number of halogens is 5. The molecule has 0 saturated heterocycles. The summed E-state index contributed by atoms with van der Waals surface area (Å²) in [6, 6.07) is 5.68. The summed E-state index contributed by atoms with van der Waals surface area (Å²) in [7, 11) is 0. The summed E-state index contributed by atoms with van der Waals surface area (Å²) in [6.45, 7) is -1.45. The van der Waals surface area contributed by atoms with Gasteiger partial charge in [0.2, 0.25) is 0 Å². The van der Waals surface area contributed by atoms with Crippen molar-refractivity contribution in [2.45, 2.75) is 6.18 Å². The number of esters is 1. The van der Waals surface area contributed by atoms with E-state index in [0.717, 1.165) is 6.07 Å². The lowest BCUT2D eigenvalue weighted by atomic mass is 10.2. The molecule has 0 atom stereocenters. The molecule has 7 nitrogen and oxygen atoms in total. The Morgan fingerprint density at radius 3 is 2.48 bits per heavy atom. The van der Waals surface area contributed by atoms with Gasteiger partial charge in [-0.15, -0.1) is 0 Å². The normalized spacial score (nSPS) is 10.9. The third kappa shape index (κ3) is 6.42. The van der Waals surface area contributed by atoms with Gasteiger partial charge in [-0.05, 0) is 18.2 Å². The van der Waals surface area contributed by atoms with E-state index in [2.05, 4.69) is 20.4 Å². The standard InChI is InChI=1S/C17H12ClF4N3O4/c18-11-5-9(17(20,21)22)6-23-15(11)25-13(26)8-29-14(27)7-24-16(28)10-3-1-2-4-12(10)19/h1-6H,7-8H2,(H,24,28)(H,23,25,26). The van der Waals surface area contributed by atoms with Crippen LogP contribution in [-0.4, -0.2) is 35.9 Å². The second-order valence-corrected chi connectivity index (χ2v) is 5.83. The first-order valence-corrected chi connectivity index (χ1v) is 8.16. The molecule has 2 amide bonds. The number of carbonyl (C=O) groups is 3. The van der Waals surface area contributed by atoms with Crippen molar-refractivity contribution in [3.05, 3.63) is 58.5 Å². The van der Waals surface area contributed by atoms with Crippen molar-refractivity contribution in [2.24, 2.45) is 0 Å². The van der Waals surface area contributed by atoms with Crippen molar-refractivity contribution in [3.63, 3.8) is 0 Å². The van der Waals surface area contributed by atoms with E-state index in [9.17, 15) is 31.9 Å². The number of anilines is 1. The number of ether oxygens (including phenoxy) is 1. The third-order valence-corrected chi connectivity index (χ3v) is 3.59. The lowest BCUT2D eigenvalue weighted by Gasteiger charge is -2.10. The van der Waals surface area contributed by atoms with Gasteiger partial charge in [-0.3, -0.25) is 14.4 Å². The van der Waals surface area contributed by atoms with Gasteiger partial charge >= 0.3 is 12.1 Å². The molecule has 0 spiro atoms. The predicted molar refractivity (Wildman–Crippen MR) is 92.6 cm³/mol. The van der Waals surface area contributed by atoms with Gasteiger partial charge in [-0.1, -0.05) is 23.7 Å². The first-order valence-electron chi connectivity index (χ1n) is 7.79. The lowest BCUT2D eigenvalue weighted by molar-refractivity contribution is -0.146. The number of rotatable bonds is 6. The molecule has 29 heavy (non-hydrogen) atoms. The summed E-state index contributed by atoms with van der Waals surface area (Å²) >= 11 is 5.63. The molecular weight excluding hydrogens is 422 g/mol. The number of aromatic nitrogens is 1. The molecule has 0 radical (unpaired) electrons. The van der Waals surface area contributed by atoms with E-state index in [1.807, 2.05) is 0 Å². The van der Waals surface area contributed by atoms with Gasteiger partial charge in [0.25, 0.3) is 11.8 Å². The zero-order chi connectivity index (χ0) is 21.6. The zero-order valence-corrected chi connectivity index (χ0v) is 15.1. The van der Waals surface area contributed by atoms with Gasteiger partial charge in [-0.2, -0.15) is 13.2 Å². The van der Waals surface area contributed by atoms with E-state index < -0.39 is 53.5 Å². The molecule has 0 bridgehead atoms. The summed E-state index contributed by atoms with van der Waals surface area (Å²) in [5.74, 6) is -3.92. The quantitative estimate of drug-likeness (QED) is 0.539. The zero-order valence-electron chi connectivity index (χ0n) is 14.3. The minimum absolute atomic E-state index is 0.277. The summed E-state index contributed by atoms with van der Waals surface area (Å²) in [4.78, 5) is 38.4. The van der Waals surface area contributed by atoms with E-state index >= 15 is 0 Å². The van der Waals surface area contributed by atoms with E-state index in [1.54, 1.807) is 0 Å². The average Bonchev–Trinajstić information content (AvgIpc) is 2.65. The summed E-state index contributed by atoms with van der Waals surface area (Å²) in [6.07, 6.45) is -4.17. The molecule has 154 valence electrons. The van der Waals surface area contributed by atoms with Crippen LogP contribution in [0.15, 0.2) is 36.5 Å². The molecule has 0 aliphatic rings. The molecule has 1 aromatic heterocycles. The maximum atomic E-state index is 13.4. The van der Waals surface area contributed by atoms with E-state index in [4.69, 9.17) is 11.6 Å². The highest BCUT2D eigenvalue weighted by Crippen LogP contribution is 2.32. The Balaban J connectivity index is 1.81. The number of carbonyl (C=O) groups excluding carboxylic acids is 3. The highest BCUT2D eigenvalue weighted by atomic mass is 35.5. The van der Waals surface area contributed by atoms with Crippen LogP contribution in [0.3, 0.4) is 0 Å². The van der Waals surface area contributed by atoms with Crippen LogP contribution >= 0.6 is 11.6 Å². The van der Waals surface area contributed by atoms with Gasteiger partial charge in [0.1, 0.15) is 12.4 Å². The van der Waals surface area contributed by atoms with Crippen molar-refractivity contribution < 1.29 is 36.7 Å². The van der Waals surface area contributed by atoms with Crippen LogP contribution in [0.4, 0.5) is 23.4 Å². The number of nitrogens with one attached hydrogen (secondary N) is 2. The van der Waals surface area contributed by atoms with Crippen LogP contribution in [0.1, 0.15) is 15.9 Å². The number of benzene rings is 1. The van der Waals surface area contributed by atoms with Crippen molar-refractivity contribution in [1.82, 2.24) is 10.3 Å². The second kappa shape index (κ2) is 9.32. The fraction of sp³-hybridized carbons (Fsp3) is 0.176. The topological polar surface area (TPSA) is 97.4 Å². The Morgan fingerprint density at radius 1 is 1.17 bits per heavy atom. The molecule has 1 heterocycles. The first-order chi connectivity index (χ1) is 13.6. The summed E-state index contributed by atoms with van der Waals surface area (Å²) in [5.41, 5.74) is -1.38. The van der Waals surface area contributed by atoms with Crippen molar-refractivity contribution >= 4 is 35.2 Å². The molecule has 0 saturated carbocycles. The first kappa shape index (κ1) is 22.1. The van der Waals surface area contributed by atoms with Crippen LogP contribution in [-0.2, 0) is 20.5 Å². The highest BCUT2D eigenvalue weighted by Gasteiger charge is 2.31. The number of hydrogen-bond acceptors (Lipinski definition) is 5. The number of nitrogens with zero attached hydrogens (tertiary/aromatic N) is 1. The second-order valence-electron chi connectivity index (χ2n) is 5.42. The molecule has 2 aromatic rings. The van der Waals surface area contributed by atoms with Crippen molar-refractivity contribution in [2.75, 3.05) is 18.5 Å². The van der Waals surface area contributed by atoms with Crippen LogP contribution in [0.25, 0.3) is 0 Å². The van der Waals surface area contributed by atoms with Gasteiger partial charge in [0.05, 0.1) is 16.1 Å². The summed E-state index contributed by atoms with van der Waals surface area (Å²) in [5, 5.41) is 3.73. The average molecular weight is 434 g/mol. The molecule has 0 unspecified atom stereocenters. The Hall–Kier alpha value is -3.21. The van der Waals surface area contributed by atoms with Gasteiger partial charge in [-0.25, -0.2) is 9.37 Å². The molecule has 0 aliphatic carbocycles. The molecule has 2 N–H and O–H groups in total. The molecule has 1 aromatic carbocycles. The third-order valence-electron chi connectivity index (χ3n) is 3.30. The Labute approximate surface area is 166 Å². The monoisotopic (exact) mass is 433 g/mol. The van der Waals surface area contributed by atoms with Crippen LogP contribution in [0.2, 0.25) is 5.02 Å². The highest BCUT2D eigenvalue weighted by molar-refractivity contribution is 6.33. The number of hydrogen-bond donors (Lipinski definition) is 2. The molecule has 0 fully saturated rings. The fourth-order valence-electron chi connectivity index (χ4n) is 1.94. The van der Waals surface area contributed by atoms with Crippen LogP contribution in [0, 0.1) is 5.82 Å². The molecule has 12 heteroatoms. The van der Waals surface area contributed by atoms with Crippen molar-refractivity contribution in [1.29, 1.82) is 0 Å². The molecule has 0 aliphatic heterocycles. The number of amides is 2. The predicted octanol–water partition coefficient (Wildman–Crippen LogP) is 2.80. The fourth-order valence-corrected chi connectivity index (χ4v) is 2.16. The minimum Gasteiger partial charge on any atom is -0.454 e. The maximum absolute atomic E-state index is 13.4. The van der Waals surface area contributed by atoms with Crippen molar-refractivity contribution in [3.8, 4) is 0 Å².